The van der Waals surface area contributed by atoms with E-state index in [1.54, 1.807) is 19.6 Å². The molecule has 0 unspecified atom stereocenters. The molecule has 0 radical (unpaired) electrons. The second-order valence-corrected chi connectivity index (χ2v) is 5.59. The van der Waals surface area contributed by atoms with Gasteiger partial charge in [0.2, 0.25) is 0 Å². The van der Waals surface area contributed by atoms with Crippen molar-refractivity contribution < 1.29 is 9.53 Å². The van der Waals surface area contributed by atoms with Gasteiger partial charge in [-0.25, -0.2) is 4.98 Å². The molecule has 3 rings (SSSR count). The van der Waals surface area contributed by atoms with Crippen molar-refractivity contribution in [2.24, 2.45) is 0 Å². The number of anilines is 1. The number of nitrogens with zero attached hydrogens (tertiary/aromatic N) is 2. The zero-order chi connectivity index (χ0) is 16.9. The van der Waals surface area contributed by atoms with Gasteiger partial charge in [0.15, 0.2) is 0 Å². The number of ether oxygens (including phenoxy) is 1. The van der Waals surface area contributed by atoms with Gasteiger partial charge in [-0.05, 0) is 36.8 Å². The predicted octanol–water partition coefficient (Wildman–Crippen LogP) is 3.58. The van der Waals surface area contributed by atoms with Crippen molar-refractivity contribution in [3.63, 3.8) is 0 Å². The zero-order valence-electron chi connectivity index (χ0n) is 13.7. The van der Waals surface area contributed by atoms with Crippen molar-refractivity contribution in [3.8, 4) is 5.69 Å². The van der Waals surface area contributed by atoms with Gasteiger partial charge in [0.05, 0.1) is 6.61 Å². The standard InChI is InChI=1S/C19H19N3O2/c1-14-6-8-17(9-7-14)22-11-18(20-13-22)19(23)21-16-5-3-4-15(10-16)12-24-2/h3-11,13H,12H2,1-2H3,(H,21,23). The van der Waals surface area contributed by atoms with Gasteiger partial charge < -0.3 is 14.6 Å². The normalized spacial score (nSPS) is 10.6. The molecule has 0 saturated carbocycles. The lowest BCUT2D eigenvalue weighted by atomic mass is 10.2. The van der Waals surface area contributed by atoms with E-state index in [9.17, 15) is 4.79 Å². The van der Waals surface area contributed by atoms with Crippen LogP contribution in [-0.4, -0.2) is 22.6 Å². The Balaban J connectivity index is 1.74. The number of aryl methyl sites for hydroxylation is 1. The largest absolute Gasteiger partial charge is 0.380 e. The first-order valence-electron chi connectivity index (χ1n) is 7.66. The average molecular weight is 321 g/mol. The van der Waals surface area contributed by atoms with Gasteiger partial charge in [-0.2, -0.15) is 0 Å². The molecule has 2 aromatic carbocycles. The molecule has 1 amide bonds. The van der Waals surface area contributed by atoms with Crippen LogP contribution in [0.15, 0.2) is 61.1 Å². The van der Waals surface area contributed by atoms with Gasteiger partial charge in [-0.3, -0.25) is 4.79 Å². The number of methoxy groups -OCH3 is 1. The molecule has 0 fully saturated rings. The van der Waals surface area contributed by atoms with Crippen molar-refractivity contribution in [1.82, 2.24) is 9.55 Å². The molecule has 5 nitrogen and oxygen atoms in total. The summed E-state index contributed by atoms with van der Waals surface area (Å²) in [7, 11) is 1.64. The SMILES string of the molecule is COCc1cccc(NC(=O)c2cn(-c3ccc(C)cc3)cn2)c1. The number of carbonyl (C=O) groups excluding carboxylic acids is 1. The van der Waals surface area contributed by atoms with Crippen LogP contribution in [0.4, 0.5) is 5.69 Å². The Morgan fingerprint density at radius 3 is 2.75 bits per heavy atom. The number of imidazole rings is 1. The molecule has 0 bridgehead atoms. The minimum absolute atomic E-state index is 0.240. The van der Waals surface area contributed by atoms with Gasteiger partial charge in [0.25, 0.3) is 5.91 Å². The Labute approximate surface area is 140 Å². The number of carbonyl (C=O) groups is 1. The van der Waals surface area contributed by atoms with Crippen molar-refractivity contribution in [3.05, 3.63) is 77.9 Å². The molecule has 0 aliphatic heterocycles. The summed E-state index contributed by atoms with van der Waals surface area (Å²) in [5, 5.41) is 2.86. The van der Waals surface area contributed by atoms with E-state index >= 15 is 0 Å². The molecule has 122 valence electrons. The Hall–Kier alpha value is -2.92. The molecule has 3 aromatic rings. The van der Waals surface area contributed by atoms with E-state index in [1.807, 2.05) is 60.0 Å². The van der Waals surface area contributed by atoms with Crippen LogP contribution in [0.1, 0.15) is 21.6 Å². The third-order valence-corrected chi connectivity index (χ3v) is 3.64. The number of nitrogens with one attached hydrogen (secondary N) is 1. The van der Waals surface area contributed by atoms with Gasteiger partial charge >= 0.3 is 0 Å². The summed E-state index contributed by atoms with van der Waals surface area (Å²) in [6.07, 6.45) is 3.36. The van der Waals surface area contributed by atoms with Gasteiger partial charge in [-0.1, -0.05) is 29.8 Å². The van der Waals surface area contributed by atoms with Crippen LogP contribution >= 0.6 is 0 Å². The van der Waals surface area contributed by atoms with E-state index < -0.39 is 0 Å². The van der Waals surface area contributed by atoms with E-state index in [0.717, 1.165) is 16.9 Å². The van der Waals surface area contributed by atoms with Crippen LogP contribution in [0.5, 0.6) is 0 Å². The lowest BCUT2D eigenvalue weighted by Gasteiger charge is -2.06. The maximum absolute atomic E-state index is 12.4. The second kappa shape index (κ2) is 7.10. The molecule has 0 spiro atoms. The Bertz CT molecular complexity index is 838. The zero-order valence-corrected chi connectivity index (χ0v) is 13.7. The Morgan fingerprint density at radius 1 is 1.21 bits per heavy atom. The quantitative estimate of drug-likeness (QED) is 0.781. The van der Waals surface area contributed by atoms with Crippen molar-refractivity contribution in [2.45, 2.75) is 13.5 Å². The summed E-state index contributed by atoms with van der Waals surface area (Å²) >= 11 is 0. The van der Waals surface area contributed by atoms with E-state index in [0.29, 0.717) is 12.3 Å². The molecular formula is C19H19N3O2. The number of hydrogen-bond acceptors (Lipinski definition) is 3. The van der Waals surface area contributed by atoms with Crippen LogP contribution in [0, 0.1) is 6.92 Å². The first-order valence-corrected chi connectivity index (χ1v) is 7.66. The van der Waals surface area contributed by atoms with Crippen LogP contribution < -0.4 is 5.32 Å². The van der Waals surface area contributed by atoms with Crippen LogP contribution in [0.2, 0.25) is 0 Å². The Kier molecular flexibility index (Phi) is 4.72. The average Bonchev–Trinajstić information content (AvgIpc) is 3.06. The molecule has 1 heterocycles. The maximum Gasteiger partial charge on any atom is 0.275 e. The van der Waals surface area contributed by atoms with Gasteiger partial charge in [0.1, 0.15) is 12.0 Å². The summed E-state index contributed by atoms with van der Waals surface area (Å²) in [6.45, 7) is 2.54. The van der Waals surface area contributed by atoms with Crippen LogP contribution in [-0.2, 0) is 11.3 Å². The first kappa shape index (κ1) is 16.0. The van der Waals surface area contributed by atoms with E-state index in [4.69, 9.17) is 4.74 Å². The molecular weight excluding hydrogens is 302 g/mol. The monoisotopic (exact) mass is 321 g/mol. The number of hydrogen-bond donors (Lipinski definition) is 1. The molecule has 5 heteroatoms. The predicted molar refractivity (Wildman–Crippen MR) is 93.4 cm³/mol. The topological polar surface area (TPSA) is 56.1 Å². The highest BCUT2D eigenvalue weighted by atomic mass is 16.5. The first-order chi connectivity index (χ1) is 11.7. The third-order valence-electron chi connectivity index (χ3n) is 3.64. The number of rotatable bonds is 5. The molecule has 0 aliphatic carbocycles. The minimum atomic E-state index is -0.240. The van der Waals surface area contributed by atoms with Gasteiger partial charge in [0, 0.05) is 24.7 Å². The van der Waals surface area contributed by atoms with Crippen LogP contribution in [0.3, 0.4) is 0 Å². The molecule has 0 aliphatic rings. The number of benzene rings is 2. The highest BCUT2D eigenvalue weighted by molar-refractivity contribution is 6.02. The molecule has 1 aromatic heterocycles. The number of aromatic nitrogens is 2. The Morgan fingerprint density at radius 2 is 2.00 bits per heavy atom. The van der Waals surface area contributed by atoms with Crippen molar-refractivity contribution >= 4 is 11.6 Å². The maximum atomic E-state index is 12.4. The summed E-state index contributed by atoms with van der Waals surface area (Å²) in [6, 6.07) is 15.6. The molecule has 1 N–H and O–H groups in total. The van der Waals surface area contributed by atoms with E-state index in [-0.39, 0.29) is 5.91 Å². The summed E-state index contributed by atoms with van der Waals surface area (Å²) in [4.78, 5) is 16.6. The van der Waals surface area contributed by atoms with E-state index in [1.165, 1.54) is 5.56 Å². The fourth-order valence-corrected chi connectivity index (χ4v) is 2.40. The summed E-state index contributed by atoms with van der Waals surface area (Å²) in [5.74, 6) is -0.240. The molecule has 0 atom stereocenters. The van der Waals surface area contributed by atoms with E-state index in [2.05, 4.69) is 10.3 Å². The fraction of sp³-hybridized carbons (Fsp3) is 0.158. The highest BCUT2D eigenvalue weighted by Gasteiger charge is 2.10. The highest BCUT2D eigenvalue weighted by Crippen LogP contribution is 2.14. The minimum Gasteiger partial charge on any atom is -0.380 e. The smallest absolute Gasteiger partial charge is 0.275 e. The molecule has 24 heavy (non-hydrogen) atoms. The third kappa shape index (κ3) is 3.70. The molecule has 0 saturated heterocycles. The second-order valence-electron chi connectivity index (χ2n) is 5.59. The van der Waals surface area contributed by atoms with Crippen molar-refractivity contribution in [2.75, 3.05) is 12.4 Å². The number of amides is 1. The lowest BCUT2D eigenvalue weighted by Crippen LogP contribution is -2.12. The van der Waals surface area contributed by atoms with Crippen molar-refractivity contribution in [1.29, 1.82) is 0 Å². The van der Waals surface area contributed by atoms with Gasteiger partial charge in [-0.15, -0.1) is 0 Å². The lowest BCUT2D eigenvalue weighted by molar-refractivity contribution is 0.102. The summed E-state index contributed by atoms with van der Waals surface area (Å²) < 4.78 is 6.93. The van der Waals surface area contributed by atoms with Crippen LogP contribution in [0.25, 0.3) is 5.69 Å². The fourth-order valence-electron chi connectivity index (χ4n) is 2.40. The summed E-state index contributed by atoms with van der Waals surface area (Å²) in [5.41, 5.74) is 4.25.